The Morgan fingerprint density at radius 3 is 2.81 bits per heavy atom. The highest BCUT2D eigenvalue weighted by Crippen LogP contribution is 2.23. The average molecular weight is 370 g/mol. The third-order valence-corrected chi connectivity index (χ3v) is 3.77. The minimum absolute atomic E-state index is 0.173. The number of hydrogen-bond acceptors (Lipinski definition) is 8. The minimum atomic E-state index is -1.22. The number of carbonyl (C=O) groups excluding carboxylic acids is 2. The number of rotatable bonds is 5. The van der Waals surface area contributed by atoms with Crippen LogP contribution in [0.5, 0.6) is 0 Å². The van der Waals surface area contributed by atoms with Gasteiger partial charge < -0.3 is 15.0 Å². The predicted molar refractivity (Wildman–Crippen MR) is 93.0 cm³/mol. The summed E-state index contributed by atoms with van der Waals surface area (Å²) < 4.78 is 5.11. The lowest BCUT2D eigenvalue weighted by Gasteiger charge is -2.14. The van der Waals surface area contributed by atoms with Crippen molar-refractivity contribution >= 4 is 34.5 Å². The van der Waals surface area contributed by atoms with E-state index < -0.39 is 22.9 Å². The number of esters is 1. The summed E-state index contributed by atoms with van der Waals surface area (Å²) in [6.45, 7) is 2.90. The number of aromatic amines is 1. The molecule has 0 fully saturated rings. The predicted octanol–water partition coefficient (Wildman–Crippen LogP) is 1.75. The fourth-order valence-electron chi connectivity index (χ4n) is 2.42. The van der Waals surface area contributed by atoms with Crippen LogP contribution in [0.1, 0.15) is 22.8 Å². The van der Waals surface area contributed by atoms with Gasteiger partial charge in [-0.3, -0.25) is 14.9 Å². The number of aryl methyl sites for hydroxylation is 1. The molecule has 1 aromatic carbocycles. The molecule has 0 aliphatic heterocycles. The fourth-order valence-corrected chi connectivity index (χ4v) is 2.42. The van der Waals surface area contributed by atoms with Gasteiger partial charge in [0.1, 0.15) is 17.4 Å². The van der Waals surface area contributed by atoms with Crippen molar-refractivity contribution in [3.63, 3.8) is 0 Å². The van der Waals surface area contributed by atoms with E-state index in [2.05, 4.69) is 25.3 Å². The molecular weight excluding hydrogens is 356 g/mol. The second-order valence-electron chi connectivity index (χ2n) is 5.59. The van der Waals surface area contributed by atoms with Crippen molar-refractivity contribution in [3.8, 4) is 0 Å². The van der Waals surface area contributed by atoms with E-state index >= 15 is 0 Å². The highest BCUT2D eigenvalue weighted by Gasteiger charge is 2.27. The van der Waals surface area contributed by atoms with Crippen molar-refractivity contribution in [1.29, 1.82) is 0 Å². The van der Waals surface area contributed by atoms with E-state index in [4.69, 9.17) is 4.74 Å². The van der Waals surface area contributed by atoms with E-state index in [0.29, 0.717) is 16.7 Å². The second kappa shape index (κ2) is 7.15. The summed E-state index contributed by atoms with van der Waals surface area (Å²) in [7, 11) is 0. The number of carbonyl (C=O) groups is 2. The van der Waals surface area contributed by atoms with Gasteiger partial charge in [0.2, 0.25) is 0 Å². The van der Waals surface area contributed by atoms with Crippen LogP contribution in [0, 0.1) is 17.0 Å². The smallest absolute Gasteiger partial charge is 0.346 e. The number of fused-ring (bicyclic) bond motifs is 1. The molecular formula is C16H14N6O5. The van der Waals surface area contributed by atoms with Crippen molar-refractivity contribution in [1.82, 2.24) is 19.9 Å². The number of ether oxygens (including phenoxy) is 1. The maximum absolute atomic E-state index is 12.4. The van der Waals surface area contributed by atoms with Gasteiger partial charge in [0.05, 0.1) is 11.3 Å². The van der Waals surface area contributed by atoms with E-state index in [9.17, 15) is 19.7 Å². The quantitative estimate of drug-likeness (QED) is 0.391. The van der Waals surface area contributed by atoms with E-state index in [0.717, 1.165) is 0 Å². The number of H-pyrrole nitrogens is 1. The second-order valence-corrected chi connectivity index (χ2v) is 5.59. The van der Waals surface area contributed by atoms with E-state index in [1.54, 1.807) is 13.0 Å². The first-order chi connectivity index (χ1) is 12.9. The molecule has 11 heteroatoms. The monoisotopic (exact) mass is 370 g/mol. The van der Waals surface area contributed by atoms with Gasteiger partial charge in [0.15, 0.2) is 17.6 Å². The molecule has 0 radical (unpaired) electrons. The highest BCUT2D eigenvalue weighted by atomic mass is 16.6. The lowest BCUT2D eigenvalue weighted by Crippen LogP contribution is -2.30. The van der Waals surface area contributed by atoms with E-state index in [-0.39, 0.29) is 17.1 Å². The zero-order valence-electron chi connectivity index (χ0n) is 14.3. The Morgan fingerprint density at radius 2 is 2.07 bits per heavy atom. The molecule has 2 heterocycles. The van der Waals surface area contributed by atoms with Crippen molar-refractivity contribution in [2.45, 2.75) is 20.0 Å². The molecule has 0 spiro atoms. The van der Waals surface area contributed by atoms with Gasteiger partial charge in [-0.25, -0.2) is 19.7 Å². The lowest BCUT2D eigenvalue weighted by molar-refractivity contribution is -0.385. The van der Waals surface area contributed by atoms with Crippen LogP contribution >= 0.6 is 0 Å². The summed E-state index contributed by atoms with van der Waals surface area (Å²) >= 11 is 0. The van der Waals surface area contributed by atoms with Gasteiger partial charge >= 0.3 is 5.97 Å². The van der Waals surface area contributed by atoms with Crippen molar-refractivity contribution in [2.24, 2.45) is 0 Å². The number of nitrogens with one attached hydrogen (secondary N) is 2. The van der Waals surface area contributed by atoms with Gasteiger partial charge in [0, 0.05) is 6.07 Å². The molecule has 0 unspecified atom stereocenters. The minimum Gasteiger partial charge on any atom is -0.449 e. The van der Waals surface area contributed by atoms with Crippen LogP contribution < -0.4 is 5.32 Å². The number of amides is 1. The lowest BCUT2D eigenvalue weighted by atomic mass is 10.1. The number of aromatic nitrogens is 4. The van der Waals surface area contributed by atoms with Gasteiger partial charge in [-0.15, -0.1) is 0 Å². The molecule has 2 N–H and O–H groups in total. The molecule has 3 rings (SSSR count). The molecule has 2 aromatic heterocycles. The van der Waals surface area contributed by atoms with Crippen molar-refractivity contribution in [2.75, 3.05) is 5.32 Å². The maximum Gasteiger partial charge on any atom is 0.346 e. The maximum atomic E-state index is 12.4. The number of nitro groups is 1. The Bertz CT molecular complexity index is 1050. The Hall–Kier alpha value is -3.89. The van der Waals surface area contributed by atoms with Crippen LogP contribution in [0.3, 0.4) is 0 Å². The third-order valence-electron chi connectivity index (χ3n) is 3.77. The molecule has 0 saturated carbocycles. The zero-order chi connectivity index (χ0) is 19.6. The highest BCUT2D eigenvalue weighted by molar-refractivity contribution is 6.01. The van der Waals surface area contributed by atoms with Gasteiger partial charge in [-0.1, -0.05) is 12.1 Å². The zero-order valence-corrected chi connectivity index (χ0v) is 14.3. The van der Waals surface area contributed by atoms with Crippen LogP contribution in [0.4, 0.5) is 11.5 Å². The number of anilines is 1. The van der Waals surface area contributed by atoms with Gasteiger partial charge in [-0.05, 0) is 19.4 Å². The molecule has 0 aliphatic rings. The normalized spacial score (nSPS) is 11.8. The summed E-state index contributed by atoms with van der Waals surface area (Å²) in [6.07, 6.45) is 1.41. The average Bonchev–Trinajstić information content (AvgIpc) is 3.10. The Labute approximate surface area is 152 Å². The van der Waals surface area contributed by atoms with Crippen LogP contribution in [-0.4, -0.2) is 42.8 Å². The first-order valence-corrected chi connectivity index (χ1v) is 7.78. The summed E-state index contributed by atoms with van der Waals surface area (Å²) in [6, 6.07) is 4.21. The molecule has 1 atom stereocenters. The largest absolute Gasteiger partial charge is 0.449 e. The Morgan fingerprint density at radius 1 is 1.30 bits per heavy atom. The number of nitro benzene ring substituents is 1. The number of hydrogen-bond donors (Lipinski definition) is 2. The van der Waals surface area contributed by atoms with Crippen LogP contribution in [0.2, 0.25) is 0 Å². The number of nitrogens with zero attached hydrogens (tertiary/aromatic N) is 4. The van der Waals surface area contributed by atoms with E-state index in [1.165, 1.54) is 31.7 Å². The number of benzene rings is 1. The molecule has 3 aromatic rings. The van der Waals surface area contributed by atoms with Crippen LogP contribution in [0.15, 0.2) is 30.9 Å². The fraction of sp³-hybridized carbons (Fsp3) is 0.188. The summed E-state index contributed by atoms with van der Waals surface area (Å²) in [5.74, 6) is -1.45. The first kappa shape index (κ1) is 17.9. The molecule has 11 nitrogen and oxygen atoms in total. The topological polar surface area (TPSA) is 153 Å². The Kier molecular flexibility index (Phi) is 4.75. The third kappa shape index (κ3) is 3.56. The van der Waals surface area contributed by atoms with Crippen molar-refractivity contribution < 1.29 is 19.2 Å². The van der Waals surface area contributed by atoms with Crippen LogP contribution in [0.25, 0.3) is 11.2 Å². The van der Waals surface area contributed by atoms with E-state index in [1.807, 2.05) is 0 Å². The first-order valence-electron chi connectivity index (χ1n) is 7.78. The van der Waals surface area contributed by atoms with Gasteiger partial charge in [0.25, 0.3) is 11.6 Å². The molecule has 1 amide bonds. The molecule has 138 valence electrons. The molecule has 0 bridgehead atoms. The summed E-state index contributed by atoms with van der Waals surface area (Å²) in [4.78, 5) is 49.8. The Balaban J connectivity index is 1.76. The van der Waals surface area contributed by atoms with Gasteiger partial charge in [-0.2, -0.15) is 0 Å². The summed E-state index contributed by atoms with van der Waals surface area (Å²) in [5, 5.41) is 13.6. The molecule has 0 aliphatic carbocycles. The standard InChI is InChI=1S/C16H14N6O5/c1-8-4-3-5-10(22(25)26)11(8)16(24)27-9(2)15(23)21-14-12-13(18-6-17-12)19-7-20-14/h3-7,9H,1-2H3,(H2,17,18,19,20,21,23)/t9-/m0/s1. The number of imidazole rings is 1. The molecule has 0 saturated heterocycles. The molecule has 27 heavy (non-hydrogen) atoms. The van der Waals surface area contributed by atoms with Crippen LogP contribution in [-0.2, 0) is 9.53 Å². The SMILES string of the molecule is Cc1cccc([N+](=O)[O-])c1C(=O)O[C@@H](C)C(=O)Nc1ncnc2nc[nH]c12. The van der Waals surface area contributed by atoms with Crippen molar-refractivity contribution in [3.05, 3.63) is 52.1 Å². The summed E-state index contributed by atoms with van der Waals surface area (Å²) in [5.41, 5.74) is 0.568.